The van der Waals surface area contributed by atoms with Crippen LogP contribution in [-0.2, 0) is 11.3 Å². The zero-order valence-corrected chi connectivity index (χ0v) is 20.5. The molecule has 0 bridgehead atoms. The molecule has 6 nitrogen and oxygen atoms in total. The van der Waals surface area contributed by atoms with Crippen molar-refractivity contribution in [1.82, 2.24) is 20.2 Å². The van der Waals surface area contributed by atoms with Gasteiger partial charge in [-0.1, -0.05) is 32.9 Å². The van der Waals surface area contributed by atoms with E-state index in [2.05, 4.69) is 64.1 Å². The van der Waals surface area contributed by atoms with Crippen LogP contribution in [-0.4, -0.2) is 48.4 Å². The van der Waals surface area contributed by atoms with Gasteiger partial charge in [-0.05, 0) is 36.8 Å². The first-order valence-corrected chi connectivity index (χ1v) is 10.4. The van der Waals surface area contributed by atoms with Crippen molar-refractivity contribution >= 4 is 41.0 Å². The molecule has 1 aliphatic heterocycles. The molecule has 2 unspecified atom stereocenters. The number of aryl methyl sites for hydroxylation is 1. The number of rotatable bonds is 6. The van der Waals surface area contributed by atoms with Crippen molar-refractivity contribution in [3.05, 3.63) is 30.6 Å². The normalized spacial score (nSPS) is 20.3. The molecule has 0 spiro atoms. The predicted molar refractivity (Wildman–Crippen MR) is 131 cm³/mol. The number of nitrogens with one attached hydrogen (secondary N) is 2. The van der Waals surface area contributed by atoms with Crippen molar-refractivity contribution in [3.8, 4) is 0 Å². The summed E-state index contributed by atoms with van der Waals surface area (Å²) in [7, 11) is 1.83. The molecule has 3 rings (SSSR count). The van der Waals surface area contributed by atoms with Crippen molar-refractivity contribution in [2.45, 2.75) is 52.7 Å². The highest BCUT2D eigenvalue weighted by Crippen LogP contribution is 2.33. The highest BCUT2D eigenvalue weighted by molar-refractivity contribution is 14.0. The third kappa shape index (κ3) is 6.57. The molecule has 1 saturated heterocycles. The second kappa shape index (κ2) is 11.2. The maximum Gasteiger partial charge on any atom is 0.190 e. The molecule has 1 aromatic heterocycles. The summed E-state index contributed by atoms with van der Waals surface area (Å²) < 4.78 is 8.30. The summed E-state index contributed by atoms with van der Waals surface area (Å²) in [6.45, 7) is 10.4. The molecule has 1 aromatic carbocycles. The number of aromatic nitrogens is 2. The molecule has 29 heavy (non-hydrogen) atoms. The van der Waals surface area contributed by atoms with E-state index in [4.69, 9.17) is 4.74 Å². The fourth-order valence-corrected chi connectivity index (χ4v) is 4.10. The number of ether oxygens (including phenoxy) is 1. The van der Waals surface area contributed by atoms with Gasteiger partial charge in [-0.15, -0.1) is 24.0 Å². The fraction of sp³-hybridized carbons (Fsp3) is 0.636. The highest BCUT2D eigenvalue weighted by Gasteiger charge is 2.35. The number of aliphatic imine (C=N–C) groups is 1. The Morgan fingerprint density at radius 2 is 2.07 bits per heavy atom. The molecule has 2 atom stereocenters. The second-order valence-corrected chi connectivity index (χ2v) is 8.72. The third-order valence-corrected chi connectivity index (χ3v) is 5.45. The number of halogens is 1. The van der Waals surface area contributed by atoms with Crippen LogP contribution in [0, 0.1) is 11.3 Å². The number of fused-ring (bicyclic) bond motifs is 1. The van der Waals surface area contributed by atoms with Crippen molar-refractivity contribution in [3.63, 3.8) is 0 Å². The molecule has 0 saturated carbocycles. The Morgan fingerprint density at radius 1 is 1.28 bits per heavy atom. The number of benzene rings is 1. The van der Waals surface area contributed by atoms with Crippen molar-refractivity contribution in [1.29, 1.82) is 0 Å². The minimum Gasteiger partial charge on any atom is -0.377 e. The number of imidazole rings is 1. The lowest BCUT2D eigenvalue weighted by Gasteiger charge is -2.40. The van der Waals surface area contributed by atoms with Gasteiger partial charge in [0.25, 0.3) is 0 Å². The summed E-state index contributed by atoms with van der Waals surface area (Å²) in [6.07, 6.45) is 5.58. The van der Waals surface area contributed by atoms with Crippen molar-refractivity contribution in [2.24, 2.45) is 16.3 Å². The lowest BCUT2D eigenvalue weighted by Crippen LogP contribution is -2.47. The number of hydrogen-bond acceptors (Lipinski definition) is 3. The van der Waals surface area contributed by atoms with Crippen molar-refractivity contribution in [2.75, 3.05) is 26.7 Å². The summed E-state index contributed by atoms with van der Waals surface area (Å²) in [5, 5.41) is 6.94. The molecule has 2 heterocycles. The van der Waals surface area contributed by atoms with Gasteiger partial charge in [0.1, 0.15) is 0 Å². The average molecular weight is 513 g/mol. The minimum atomic E-state index is 0. The Hall–Kier alpha value is -1.35. The minimum absolute atomic E-state index is 0. The van der Waals surface area contributed by atoms with Crippen LogP contribution >= 0.6 is 24.0 Å². The first-order valence-electron chi connectivity index (χ1n) is 10.4. The quantitative estimate of drug-likeness (QED) is 0.265. The van der Waals surface area contributed by atoms with Gasteiger partial charge in [0.05, 0.1) is 23.5 Å². The van der Waals surface area contributed by atoms with Crippen LogP contribution in [0.1, 0.15) is 40.0 Å². The molecule has 2 aromatic rings. The number of nitrogens with zero attached hydrogens (tertiary/aromatic N) is 3. The van der Waals surface area contributed by atoms with E-state index in [1.165, 1.54) is 11.9 Å². The predicted octanol–water partition coefficient (Wildman–Crippen LogP) is 4.05. The molecule has 0 aliphatic carbocycles. The van der Waals surface area contributed by atoms with E-state index in [1.54, 1.807) is 0 Å². The van der Waals surface area contributed by atoms with Crippen LogP contribution in [0.5, 0.6) is 0 Å². The van der Waals surface area contributed by atoms with Gasteiger partial charge < -0.3 is 19.9 Å². The van der Waals surface area contributed by atoms with Gasteiger partial charge in [-0.25, -0.2) is 4.98 Å². The van der Waals surface area contributed by atoms with E-state index >= 15 is 0 Å². The van der Waals surface area contributed by atoms with Crippen LogP contribution in [0.15, 0.2) is 35.6 Å². The number of para-hydroxylation sites is 2. The monoisotopic (exact) mass is 513 g/mol. The van der Waals surface area contributed by atoms with Crippen LogP contribution in [0.3, 0.4) is 0 Å². The molecule has 1 fully saturated rings. The van der Waals surface area contributed by atoms with E-state index in [1.807, 2.05) is 19.4 Å². The zero-order chi connectivity index (χ0) is 20.0. The van der Waals surface area contributed by atoms with Crippen molar-refractivity contribution < 1.29 is 4.74 Å². The number of guanidine groups is 1. The fourth-order valence-electron chi connectivity index (χ4n) is 4.10. The summed E-state index contributed by atoms with van der Waals surface area (Å²) in [4.78, 5) is 8.83. The Morgan fingerprint density at radius 3 is 2.83 bits per heavy atom. The lowest BCUT2D eigenvalue weighted by molar-refractivity contribution is -0.0835. The first-order chi connectivity index (χ1) is 13.5. The largest absolute Gasteiger partial charge is 0.377 e. The highest BCUT2D eigenvalue weighted by atomic mass is 127. The molecular weight excluding hydrogens is 477 g/mol. The molecule has 0 amide bonds. The summed E-state index contributed by atoms with van der Waals surface area (Å²) in [5.74, 6) is 1.39. The Balaban J connectivity index is 0.00000300. The smallest absolute Gasteiger partial charge is 0.190 e. The van der Waals surface area contributed by atoms with Gasteiger partial charge in [-0.3, -0.25) is 4.99 Å². The summed E-state index contributed by atoms with van der Waals surface area (Å²) in [6, 6.07) is 8.26. The van der Waals surface area contributed by atoms with E-state index < -0.39 is 0 Å². The SMILES string of the molecule is CN=C(NCCCn1cnc2ccccc21)NCC1CCCOC1C(C)(C)C.I. The summed E-state index contributed by atoms with van der Waals surface area (Å²) >= 11 is 0. The van der Waals surface area contributed by atoms with E-state index in [-0.39, 0.29) is 29.4 Å². The third-order valence-electron chi connectivity index (χ3n) is 5.45. The molecule has 0 radical (unpaired) electrons. The molecule has 2 N–H and O–H groups in total. The molecular formula is C22H36IN5O. The average Bonchev–Trinajstić information content (AvgIpc) is 3.10. The van der Waals surface area contributed by atoms with E-state index in [9.17, 15) is 0 Å². The van der Waals surface area contributed by atoms with Gasteiger partial charge in [0.15, 0.2) is 5.96 Å². The van der Waals surface area contributed by atoms with Crippen LogP contribution in [0.25, 0.3) is 11.0 Å². The zero-order valence-electron chi connectivity index (χ0n) is 18.1. The molecule has 162 valence electrons. The lowest BCUT2D eigenvalue weighted by atomic mass is 9.78. The summed E-state index contributed by atoms with van der Waals surface area (Å²) in [5.41, 5.74) is 2.41. The van der Waals surface area contributed by atoms with E-state index in [0.29, 0.717) is 12.0 Å². The van der Waals surface area contributed by atoms with Gasteiger partial charge in [0, 0.05) is 39.2 Å². The first kappa shape index (κ1) is 23.9. The van der Waals surface area contributed by atoms with Crippen LogP contribution in [0.4, 0.5) is 0 Å². The molecule has 1 aliphatic rings. The Kier molecular flexibility index (Phi) is 9.20. The van der Waals surface area contributed by atoms with Crippen LogP contribution in [0.2, 0.25) is 0 Å². The standard InChI is InChI=1S/C22H35N5O.HI/c1-22(2,3)20-17(9-7-14-28-20)15-25-21(23-4)24-12-8-13-27-16-26-18-10-5-6-11-19(18)27;/h5-6,10-11,16-17,20H,7-9,12-15H2,1-4H3,(H2,23,24,25);1H. The Bertz CT molecular complexity index is 783. The van der Waals surface area contributed by atoms with Gasteiger partial charge >= 0.3 is 0 Å². The van der Waals surface area contributed by atoms with Gasteiger partial charge in [0.2, 0.25) is 0 Å². The maximum absolute atomic E-state index is 6.09. The maximum atomic E-state index is 6.09. The number of hydrogen-bond donors (Lipinski definition) is 2. The van der Waals surface area contributed by atoms with Gasteiger partial charge in [-0.2, -0.15) is 0 Å². The molecule has 7 heteroatoms. The van der Waals surface area contributed by atoms with E-state index in [0.717, 1.165) is 50.6 Å². The topological polar surface area (TPSA) is 63.5 Å². The Labute approximate surface area is 191 Å². The second-order valence-electron chi connectivity index (χ2n) is 8.72. The van der Waals surface area contributed by atoms with Crippen LogP contribution < -0.4 is 10.6 Å².